The first-order chi connectivity index (χ1) is 16.4. The lowest BCUT2D eigenvalue weighted by atomic mass is 9.49. The van der Waals surface area contributed by atoms with Crippen LogP contribution in [-0.2, 0) is 9.59 Å². The number of anilines is 2. The first-order valence-electron chi connectivity index (χ1n) is 14.1. The third-order valence-corrected chi connectivity index (χ3v) is 10.9. The Hall–Kier alpha value is -1.84. The monoisotopic (exact) mass is 460 g/mol. The van der Waals surface area contributed by atoms with Crippen molar-refractivity contribution in [3.63, 3.8) is 0 Å². The van der Waals surface area contributed by atoms with Crippen LogP contribution < -0.4 is 10.6 Å². The van der Waals surface area contributed by atoms with Gasteiger partial charge in [-0.15, -0.1) is 0 Å². The van der Waals surface area contributed by atoms with Crippen LogP contribution in [0.1, 0.15) is 89.9 Å². The Bertz CT molecular complexity index is 830. The lowest BCUT2D eigenvalue weighted by molar-refractivity contribution is -0.125. The molecule has 8 bridgehead atoms. The Morgan fingerprint density at radius 1 is 0.559 bits per heavy atom. The first kappa shape index (κ1) is 21.4. The highest BCUT2D eigenvalue weighted by atomic mass is 16.2. The molecule has 8 fully saturated rings. The minimum Gasteiger partial charge on any atom is -0.326 e. The quantitative estimate of drug-likeness (QED) is 0.492. The zero-order chi connectivity index (χ0) is 22.9. The molecule has 2 N–H and O–H groups in total. The summed E-state index contributed by atoms with van der Waals surface area (Å²) in [7, 11) is 0. The van der Waals surface area contributed by atoms with Crippen LogP contribution in [0.5, 0.6) is 0 Å². The maximum Gasteiger partial charge on any atom is 0.224 e. The zero-order valence-corrected chi connectivity index (χ0v) is 20.5. The van der Waals surface area contributed by atoms with Gasteiger partial charge in [0.15, 0.2) is 0 Å². The summed E-state index contributed by atoms with van der Waals surface area (Å²) in [6, 6.07) is 7.77. The molecule has 2 amide bonds. The van der Waals surface area contributed by atoms with Crippen LogP contribution in [-0.4, -0.2) is 11.8 Å². The van der Waals surface area contributed by atoms with E-state index in [0.29, 0.717) is 12.8 Å². The second kappa shape index (κ2) is 7.83. The minimum absolute atomic E-state index is 0.167. The van der Waals surface area contributed by atoms with E-state index >= 15 is 0 Å². The molecular weight excluding hydrogens is 420 g/mol. The molecule has 0 aliphatic heterocycles. The number of carbonyl (C=O) groups is 2. The van der Waals surface area contributed by atoms with Crippen LogP contribution in [0.15, 0.2) is 24.3 Å². The maximum atomic E-state index is 12.9. The summed E-state index contributed by atoms with van der Waals surface area (Å²) in [6.45, 7) is 0. The Labute approximate surface area is 204 Å². The third-order valence-electron chi connectivity index (χ3n) is 10.9. The standard InChI is InChI=1S/C30H40N2O2/c33-27(17-29-11-19-5-20(12-29)7-21(6-19)13-29)31-25-1-2-26(4-3-25)32-28(34)18-30-14-22-8-23(15-30)10-24(9-22)16-30/h1-4,19-24H,5-18H2,(H,31,33)(H,32,34). The van der Waals surface area contributed by atoms with Crippen molar-refractivity contribution in [3.8, 4) is 0 Å². The summed E-state index contributed by atoms with van der Waals surface area (Å²) in [5, 5.41) is 6.30. The fourth-order valence-corrected chi connectivity index (χ4v) is 10.7. The Morgan fingerprint density at radius 2 is 0.824 bits per heavy atom. The number of nitrogens with one attached hydrogen (secondary N) is 2. The molecule has 1 aromatic carbocycles. The summed E-state index contributed by atoms with van der Waals surface area (Å²) >= 11 is 0. The predicted molar refractivity (Wildman–Crippen MR) is 134 cm³/mol. The second-order valence-electron chi connectivity index (χ2n) is 13.9. The van der Waals surface area contributed by atoms with Crippen LogP contribution in [0.2, 0.25) is 0 Å². The second-order valence-corrected chi connectivity index (χ2v) is 13.9. The highest BCUT2D eigenvalue weighted by Gasteiger charge is 2.52. The maximum absolute atomic E-state index is 12.9. The molecule has 8 aliphatic rings. The number of hydrogen-bond acceptors (Lipinski definition) is 2. The average Bonchev–Trinajstić information content (AvgIpc) is 2.72. The SMILES string of the molecule is O=C(CC12CC3CC(CC(C3)C1)C2)Nc1ccc(NC(=O)CC23CC4CC(CC(C4)C2)C3)cc1. The van der Waals surface area contributed by atoms with Crippen LogP contribution in [0.25, 0.3) is 0 Å². The fourth-order valence-electron chi connectivity index (χ4n) is 10.7. The molecule has 34 heavy (non-hydrogen) atoms. The van der Waals surface area contributed by atoms with Gasteiger partial charge in [0.05, 0.1) is 0 Å². The van der Waals surface area contributed by atoms with Gasteiger partial charge < -0.3 is 10.6 Å². The van der Waals surface area contributed by atoms with E-state index in [2.05, 4.69) is 10.6 Å². The molecule has 0 spiro atoms. The van der Waals surface area contributed by atoms with E-state index in [-0.39, 0.29) is 22.6 Å². The molecule has 0 atom stereocenters. The Morgan fingerprint density at radius 3 is 1.09 bits per heavy atom. The largest absolute Gasteiger partial charge is 0.326 e. The van der Waals surface area contributed by atoms with Crippen molar-refractivity contribution in [1.29, 1.82) is 0 Å². The van der Waals surface area contributed by atoms with Crippen LogP contribution in [0.4, 0.5) is 11.4 Å². The predicted octanol–water partition coefficient (Wildman–Crippen LogP) is 6.78. The number of rotatable bonds is 6. The van der Waals surface area contributed by atoms with Crippen molar-refractivity contribution in [2.24, 2.45) is 46.3 Å². The fraction of sp³-hybridized carbons (Fsp3) is 0.733. The Balaban J connectivity index is 0.935. The molecule has 182 valence electrons. The van der Waals surface area contributed by atoms with Crippen molar-refractivity contribution in [1.82, 2.24) is 0 Å². The van der Waals surface area contributed by atoms with Gasteiger partial charge in [-0.2, -0.15) is 0 Å². The van der Waals surface area contributed by atoms with E-state index in [1.807, 2.05) is 24.3 Å². The summed E-state index contributed by atoms with van der Waals surface area (Å²) in [6.07, 6.45) is 17.4. The van der Waals surface area contributed by atoms with Crippen molar-refractivity contribution < 1.29 is 9.59 Å². The van der Waals surface area contributed by atoms with Gasteiger partial charge >= 0.3 is 0 Å². The van der Waals surface area contributed by atoms with Crippen LogP contribution in [0.3, 0.4) is 0 Å². The molecule has 8 saturated carbocycles. The molecule has 0 aromatic heterocycles. The minimum atomic E-state index is 0.167. The normalized spacial score (nSPS) is 43.2. The van der Waals surface area contributed by atoms with Gasteiger partial charge in [0.1, 0.15) is 0 Å². The van der Waals surface area contributed by atoms with Crippen LogP contribution >= 0.6 is 0 Å². The van der Waals surface area contributed by atoms with E-state index in [0.717, 1.165) is 46.9 Å². The smallest absolute Gasteiger partial charge is 0.224 e. The van der Waals surface area contributed by atoms with E-state index in [1.165, 1.54) is 77.0 Å². The summed E-state index contributed by atoms with van der Waals surface area (Å²) in [4.78, 5) is 25.9. The molecule has 9 rings (SSSR count). The number of benzene rings is 1. The van der Waals surface area contributed by atoms with Gasteiger partial charge in [0.2, 0.25) is 11.8 Å². The van der Waals surface area contributed by atoms with Crippen molar-refractivity contribution in [3.05, 3.63) is 24.3 Å². The molecule has 0 unspecified atom stereocenters. The third kappa shape index (κ3) is 3.99. The summed E-state index contributed by atoms with van der Waals surface area (Å²) in [5.41, 5.74) is 2.22. The summed E-state index contributed by atoms with van der Waals surface area (Å²) < 4.78 is 0. The summed E-state index contributed by atoms with van der Waals surface area (Å²) in [5.74, 6) is 5.59. The molecule has 0 saturated heterocycles. The van der Waals surface area contributed by atoms with Crippen molar-refractivity contribution >= 4 is 23.2 Å². The van der Waals surface area contributed by atoms with Crippen molar-refractivity contribution in [2.75, 3.05) is 10.6 Å². The number of hydrogen-bond donors (Lipinski definition) is 2. The first-order valence-corrected chi connectivity index (χ1v) is 14.1. The van der Waals surface area contributed by atoms with Gasteiger partial charge in [-0.05, 0) is 148 Å². The lowest BCUT2D eigenvalue weighted by Crippen LogP contribution is -2.47. The molecule has 0 heterocycles. The van der Waals surface area contributed by atoms with Gasteiger partial charge in [-0.3, -0.25) is 9.59 Å². The highest BCUT2D eigenvalue weighted by Crippen LogP contribution is 2.62. The average molecular weight is 461 g/mol. The molecule has 4 heteroatoms. The van der Waals surface area contributed by atoms with E-state index in [4.69, 9.17) is 0 Å². The molecule has 0 radical (unpaired) electrons. The van der Waals surface area contributed by atoms with Crippen molar-refractivity contribution in [2.45, 2.75) is 89.9 Å². The van der Waals surface area contributed by atoms with Crippen LogP contribution in [0, 0.1) is 46.3 Å². The zero-order valence-electron chi connectivity index (χ0n) is 20.5. The molecular formula is C30H40N2O2. The lowest BCUT2D eigenvalue weighted by Gasteiger charge is -2.56. The number of carbonyl (C=O) groups excluding carboxylic acids is 2. The van der Waals surface area contributed by atoms with Gasteiger partial charge in [0, 0.05) is 24.2 Å². The number of amides is 2. The molecule has 1 aromatic rings. The van der Waals surface area contributed by atoms with E-state index in [1.54, 1.807) is 0 Å². The van der Waals surface area contributed by atoms with Gasteiger partial charge in [-0.25, -0.2) is 0 Å². The van der Waals surface area contributed by atoms with Gasteiger partial charge in [-0.1, -0.05) is 0 Å². The Kier molecular flexibility index (Phi) is 4.94. The van der Waals surface area contributed by atoms with E-state index in [9.17, 15) is 9.59 Å². The molecule has 4 nitrogen and oxygen atoms in total. The topological polar surface area (TPSA) is 58.2 Å². The van der Waals surface area contributed by atoms with E-state index < -0.39 is 0 Å². The highest BCUT2D eigenvalue weighted by molar-refractivity contribution is 5.93. The molecule has 8 aliphatic carbocycles. The van der Waals surface area contributed by atoms with Gasteiger partial charge in [0.25, 0.3) is 0 Å².